The van der Waals surface area contributed by atoms with E-state index in [1.807, 2.05) is 30.3 Å². The molecule has 0 aliphatic carbocycles. The summed E-state index contributed by atoms with van der Waals surface area (Å²) in [7, 11) is 0. The highest BCUT2D eigenvalue weighted by molar-refractivity contribution is 9.09. The number of hydrogen-bond acceptors (Lipinski definition) is 2. The van der Waals surface area contributed by atoms with Crippen molar-refractivity contribution in [2.45, 2.75) is 6.42 Å². The van der Waals surface area contributed by atoms with Gasteiger partial charge in [0.15, 0.2) is 0 Å². The van der Waals surface area contributed by atoms with E-state index >= 15 is 0 Å². The van der Waals surface area contributed by atoms with E-state index in [1.165, 1.54) is 0 Å². The number of esters is 1. The van der Waals surface area contributed by atoms with Gasteiger partial charge in [0, 0.05) is 0 Å². The number of alkyl halides is 1. The van der Waals surface area contributed by atoms with Crippen molar-refractivity contribution in [2.24, 2.45) is 0 Å². The van der Waals surface area contributed by atoms with Crippen LogP contribution in [0.15, 0.2) is 30.3 Å². The van der Waals surface area contributed by atoms with Crippen molar-refractivity contribution < 1.29 is 9.53 Å². The summed E-state index contributed by atoms with van der Waals surface area (Å²) in [4.78, 5) is 11.0. The van der Waals surface area contributed by atoms with Gasteiger partial charge >= 0.3 is 5.97 Å². The molecule has 0 aliphatic heterocycles. The highest BCUT2D eigenvalue weighted by atomic mass is 79.9. The molecule has 0 amide bonds. The zero-order valence-corrected chi connectivity index (χ0v) is 8.08. The summed E-state index contributed by atoms with van der Waals surface area (Å²) >= 11 is 3.02. The molecule has 1 aromatic rings. The van der Waals surface area contributed by atoms with Crippen molar-refractivity contribution in [3.05, 3.63) is 35.9 Å². The fourth-order valence-electron chi connectivity index (χ4n) is 0.874. The van der Waals surface area contributed by atoms with Crippen molar-refractivity contribution in [1.82, 2.24) is 0 Å². The van der Waals surface area contributed by atoms with Gasteiger partial charge in [-0.2, -0.15) is 0 Å². The Morgan fingerprint density at radius 2 is 2.00 bits per heavy atom. The summed E-state index contributed by atoms with van der Waals surface area (Å²) in [6.07, 6.45) is 0.340. The van der Waals surface area contributed by atoms with Gasteiger partial charge in [0.1, 0.15) is 5.52 Å². The minimum atomic E-state index is -0.210. The molecular formula is C9H9BrO2. The first-order valence-corrected chi connectivity index (χ1v) is 4.70. The highest BCUT2D eigenvalue weighted by Crippen LogP contribution is 2.00. The van der Waals surface area contributed by atoms with Crippen molar-refractivity contribution in [3.8, 4) is 0 Å². The van der Waals surface area contributed by atoms with E-state index in [0.29, 0.717) is 6.42 Å². The molecule has 0 atom stereocenters. The maximum absolute atomic E-state index is 11.0. The number of hydrogen-bond donors (Lipinski definition) is 0. The van der Waals surface area contributed by atoms with E-state index in [4.69, 9.17) is 4.74 Å². The second kappa shape index (κ2) is 4.93. The van der Waals surface area contributed by atoms with Crippen LogP contribution in [0.5, 0.6) is 0 Å². The van der Waals surface area contributed by atoms with Crippen LogP contribution in [0.4, 0.5) is 0 Å². The van der Waals surface area contributed by atoms with Crippen molar-refractivity contribution >= 4 is 21.9 Å². The average molecular weight is 229 g/mol. The Hall–Kier alpha value is -0.830. The fraction of sp³-hybridized carbons (Fsp3) is 0.222. The maximum atomic E-state index is 11.0. The third-order valence-electron chi connectivity index (χ3n) is 1.41. The number of benzene rings is 1. The third-order valence-corrected chi connectivity index (χ3v) is 1.64. The highest BCUT2D eigenvalue weighted by Gasteiger charge is 2.01. The smallest absolute Gasteiger partial charge is 0.311 e. The molecule has 0 saturated carbocycles. The summed E-state index contributed by atoms with van der Waals surface area (Å²) in [5, 5.41) is 0. The molecule has 1 rings (SSSR count). The molecule has 2 nitrogen and oxygen atoms in total. The van der Waals surface area contributed by atoms with Gasteiger partial charge in [-0.05, 0) is 21.5 Å². The molecule has 1 aromatic carbocycles. The summed E-state index contributed by atoms with van der Waals surface area (Å²) < 4.78 is 4.72. The predicted molar refractivity (Wildman–Crippen MR) is 50.0 cm³/mol. The van der Waals surface area contributed by atoms with Crippen LogP contribution in [0, 0.1) is 0 Å². The Morgan fingerprint density at radius 3 is 2.58 bits per heavy atom. The standard InChI is InChI=1S/C9H9BrO2/c10-7-12-9(11)6-8-4-2-1-3-5-8/h1-5H,6-7H2. The Morgan fingerprint density at radius 1 is 1.33 bits per heavy atom. The van der Waals surface area contributed by atoms with E-state index in [1.54, 1.807) is 0 Å². The molecule has 0 saturated heterocycles. The van der Waals surface area contributed by atoms with Gasteiger partial charge in [-0.15, -0.1) is 0 Å². The molecule has 0 N–H and O–H groups in total. The summed E-state index contributed by atoms with van der Waals surface area (Å²) in [6.45, 7) is 0. The summed E-state index contributed by atoms with van der Waals surface area (Å²) in [6, 6.07) is 9.51. The number of carbonyl (C=O) groups is 1. The van der Waals surface area contributed by atoms with E-state index in [-0.39, 0.29) is 11.5 Å². The lowest BCUT2D eigenvalue weighted by Crippen LogP contribution is -2.05. The second-order valence-electron chi connectivity index (χ2n) is 2.29. The van der Waals surface area contributed by atoms with Gasteiger partial charge in [-0.3, -0.25) is 4.79 Å². The molecule has 0 aliphatic rings. The molecule has 12 heavy (non-hydrogen) atoms. The molecule has 0 spiro atoms. The topological polar surface area (TPSA) is 26.3 Å². The summed E-state index contributed by atoms with van der Waals surface area (Å²) in [5.41, 5.74) is 1.24. The maximum Gasteiger partial charge on any atom is 0.311 e. The molecule has 0 unspecified atom stereocenters. The fourth-order valence-corrected chi connectivity index (χ4v) is 1.13. The molecule has 0 heterocycles. The van der Waals surface area contributed by atoms with Crippen LogP contribution in [0.2, 0.25) is 0 Å². The Kier molecular flexibility index (Phi) is 3.80. The first-order valence-electron chi connectivity index (χ1n) is 3.58. The largest absolute Gasteiger partial charge is 0.454 e. The second-order valence-corrected chi connectivity index (χ2v) is 2.75. The van der Waals surface area contributed by atoms with Crippen LogP contribution in [0.25, 0.3) is 0 Å². The van der Waals surface area contributed by atoms with Crippen molar-refractivity contribution in [2.75, 3.05) is 5.52 Å². The van der Waals surface area contributed by atoms with Crippen molar-refractivity contribution in [1.29, 1.82) is 0 Å². The number of ether oxygens (including phenoxy) is 1. The van der Waals surface area contributed by atoms with Crippen LogP contribution < -0.4 is 0 Å². The molecule has 0 radical (unpaired) electrons. The zero-order chi connectivity index (χ0) is 8.81. The number of halogens is 1. The zero-order valence-electron chi connectivity index (χ0n) is 6.50. The average Bonchev–Trinajstić information content (AvgIpc) is 2.06. The van der Waals surface area contributed by atoms with E-state index in [9.17, 15) is 4.79 Å². The van der Waals surface area contributed by atoms with Gasteiger partial charge in [-0.1, -0.05) is 30.3 Å². The first kappa shape index (κ1) is 9.26. The van der Waals surface area contributed by atoms with Gasteiger partial charge in [-0.25, -0.2) is 0 Å². The lowest BCUT2D eigenvalue weighted by atomic mass is 10.2. The molecular weight excluding hydrogens is 220 g/mol. The number of rotatable bonds is 3. The minimum Gasteiger partial charge on any atom is -0.454 e. The van der Waals surface area contributed by atoms with Gasteiger partial charge < -0.3 is 4.74 Å². The van der Waals surface area contributed by atoms with Crippen LogP contribution in [0.1, 0.15) is 5.56 Å². The Balaban J connectivity index is 2.47. The van der Waals surface area contributed by atoms with Crippen LogP contribution in [-0.4, -0.2) is 11.5 Å². The van der Waals surface area contributed by atoms with Gasteiger partial charge in [0.05, 0.1) is 6.42 Å². The van der Waals surface area contributed by atoms with Crippen LogP contribution >= 0.6 is 15.9 Å². The normalized spacial score (nSPS) is 9.42. The lowest BCUT2D eigenvalue weighted by molar-refractivity contribution is -0.140. The Labute approximate surface area is 79.7 Å². The van der Waals surface area contributed by atoms with E-state index < -0.39 is 0 Å². The van der Waals surface area contributed by atoms with E-state index in [2.05, 4.69) is 15.9 Å². The molecule has 0 aromatic heterocycles. The summed E-state index contributed by atoms with van der Waals surface area (Å²) in [5.74, 6) is -0.210. The molecule has 0 bridgehead atoms. The third kappa shape index (κ3) is 3.05. The lowest BCUT2D eigenvalue weighted by Gasteiger charge is -1.99. The van der Waals surface area contributed by atoms with E-state index in [0.717, 1.165) is 5.56 Å². The minimum absolute atomic E-state index is 0.210. The van der Waals surface area contributed by atoms with Crippen LogP contribution in [-0.2, 0) is 16.0 Å². The monoisotopic (exact) mass is 228 g/mol. The Bertz CT molecular complexity index is 246. The quantitative estimate of drug-likeness (QED) is 0.586. The molecule has 0 fully saturated rings. The molecule has 3 heteroatoms. The van der Waals surface area contributed by atoms with Gasteiger partial charge in [0.2, 0.25) is 0 Å². The van der Waals surface area contributed by atoms with Crippen LogP contribution in [0.3, 0.4) is 0 Å². The number of carbonyl (C=O) groups excluding carboxylic acids is 1. The van der Waals surface area contributed by atoms with Crippen molar-refractivity contribution in [3.63, 3.8) is 0 Å². The van der Waals surface area contributed by atoms with Gasteiger partial charge in [0.25, 0.3) is 0 Å². The SMILES string of the molecule is O=C(Cc1ccccc1)OCBr. The molecule has 64 valence electrons. The predicted octanol–water partition coefficient (Wildman–Crippen LogP) is 2.12. The first-order chi connectivity index (χ1) is 5.83.